The second-order valence-corrected chi connectivity index (χ2v) is 7.48. The van der Waals surface area contributed by atoms with Gasteiger partial charge in [-0.2, -0.15) is 5.26 Å². The maximum Gasteiger partial charge on any atom is 0.139 e. The van der Waals surface area contributed by atoms with Crippen molar-refractivity contribution in [2.75, 3.05) is 11.4 Å². The van der Waals surface area contributed by atoms with Crippen LogP contribution in [0.1, 0.15) is 22.5 Å². The molecule has 0 atom stereocenters. The van der Waals surface area contributed by atoms with E-state index in [-0.39, 0.29) is 0 Å². The van der Waals surface area contributed by atoms with E-state index in [1.54, 1.807) is 0 Å². The maximum atomic E-state index is 9.61. The number of aromatic amines is 1. The van der Waals surface area contributed by atoms with Crippen LogP contribution in [0.2, 0.25) is 0 Å². The number of rotatable bonds is 3. The fourth-order valence-electron chi connectivity index (χ4n) is 3.87. The van der Waals surface area contributed by atoms with Crippen molar-refractivity contribution in [3.63, 3.8) is 0 Å². The predicted molar refractivity (Wildman–Crippen MR) is 122 cm³/mol. The van der Waals surface area contributed by atoms with Gasteiger partial charge in [0.1, 0.15) is 5.82 Å². The number of fused-ring (bicyclic) bond motifs is 1. The average molecular weight is 388 g/mol. The number of nitrogens with zero attached hydrogens (tertiary/aromatic N) is 3. The molecule has 4 heteroatoms. The number of anilines is 1. The normalized spacial score (nSPS) is 13.7. The molecule has 0 amide bonds. The van der Waals surface area contributed by atoms with E-state index in [4.69, 9.17) is 4.98 Å². The summed E-state index contributed by atoms with van der Waals surface area (Å²) in [7, 11) is 0. The Morgan fingerprint density at radius 3 is 2.63 bits per heavy atom. The van der Waals surface area contributed by atoms with Gasteiger partial charge in [0.2, 0.25) is 0 Å². The van der Waals surface area contributed by atoms with Gasteiger partial charge in [0.15, 0.2) is 0 Å². The van der Waals surface area contributed by atoms with Crippen LogP contribution < -0.4 is 4.90 Å². The van der Waals surface area contributed by atoms with Crippen LogP contribution in [-0.2, 0) is 0 Å². The van der Waals surface area contributed by atoms with Gasteiger partial charge in [0, 0.05) is 24.0 Å². The second-order valence-electron chi connectivity index (χ2n) is 7.48. The van der Waals surface area contributed by atoms with Gasteiger partial charge >= 0.3 is 0 Å². The smallest absolute Gasteiger partial charge is 0.139 e. The topological polar surface area (TPSA) is 55.7 Å². The molecule has 2 heterocycles. The molecule has 1 aliphatic rings. The van der Waals surface area contributed by atoms with Crippen molar-refractivity contribution in [2.45, 2.75) is 6.92 Å². The Kier molecular flexibility index (Phi) is 4.42. The van der Waals surface area contributed by atoms with Crippen LogP contribution in [0, 0.1) is 18.3 Å². The third-order valence-corrected chi connectivity index (χ3v) is 5.36. The highest BCUT2D eigenvalue weighted by molar-refractivity contribution is 5.91. The van der Waals surface area contributed by atoms with E-state index < -0.39 is 0 Å². The molecule has 0 saturated carbocycles. The number of para-hydroxylation sites is 1. The summed E-state index contributed by atoms with van der Waals surface area (Å²) in [6.07, 6.45) is 4.26. The molecule has 1 aliphatic heterocycles. The highest BCUT2D eigenvalue weighted by atomic mass is 15.1. The van der Waals surface area contributed by atoms with Crippen LogP contribution in [0.25, 0.3) is 22.2 Å². The minimum absolute atomic E-state index is 0.679. The quantitative estimate of drug-likeness (QED) is 0.491. The van der Waals surface area contributed by atoms with Gasteiger partial charge in [-0.05, 0) is 60.0 Å². The van der Waals surface area contributed by atoms with Crippen LogP contribution in [0.4, 0.5) is 5.69 Å². The van der Waals surface area contributed by atoms with E-state index in [1.165, 1.54) is 5.56 Å². The van der Waals surface area contributed by atoms with Gasteiger partial charge in [-0.15, -0.1) is 0 Å². The van der Waals surface area contributed by atoms with E-state index in [2.05, 4.69) is 59.4 Å². The summed E-state index contributed by atoms with van der Waals surface area (Å²) in [6.45, 7) is 2.76. The van der Waals surface area contributed by atoms with Crippen LogP contribution in [-0.4, -0.2) is 16.5 Å². The fourth-order valence-corrected chi connectivity index (χ4v) is 3.87. The van der Waals surface area contributed by atoms with E-state index in [0.717, 1.165) is 39.3 Å². The molecule has 0 aliphatic carbocycles. The standard InChI is InChI=1S/C26H20N4/c1-18-11-12-24-25(13-18)29-26(28-24)21-14-20(23-10-6-5-7-19(23)15-27)16-30(17-21)22-8-3-2-4-9-22/h2-14,17H,16H2,1H3,(H,28,29). The lowest BCUT2D eigenvalue weighted by Crippen LogP contribution is -2.22. The highest BCUT2D eigenvalue weighted by Crippen LogP contribution is 2.32. The molecule has 0 radical (unpaired) electrons. The van der Waals surface area contributed by atoms with Gasteiger partial charge in [0.25, 0.3) is 0 Å². The first-order valence-corrected chi connectivity index (χ1v) is 9.91. The number of allylic oxidation sites excluding steroid dienone is 2. The molecular weight excluding hydrogens is 368 g/mol. The first kappa shape index (κ1) is 18.0. The number of imidazole rings is 1. The first-order valence-electron chi connectivity index (χ1n) is 9.91. The zero-order valence-electron chi connectivity index (χ0n) is 16.6. The van der Waals surface area contributed by atoms with Crippen molar-refractivity contribution in [1.29, 1.82) is 5.26 Å². The van der Waals surface area contributed by atoms with Crippen molar-refractivity contribution in [1.82, 2.24) is 9.97 Å². The molecule has 0 bridgehead atoms. The first-order chi connectivity index (χ1) is 14.7. The molecule has 3 aromatic carbocycles. The summed E-state index contributed by atoms with van der Waals surface area (Å²) >= 11 is 0. The number of nitriles is 1. The van der Waals surface area contributed by atoms with Crippen LogP contribution in [0.15, 0.2) is 85.1 Å². The summed E-state index contributed by atoms with van der Waals surface area (Å²) in [5.41, 5.74) is 7.97. The lowest BCUT2D eigenvalue weighted by molar-refractivity contribution is 1.08. The Hall–Kier alpha value is -4.10. The Morgan fingerprint density at radius 1 is 1.00 bits per heavy atom. The zero-order chi connectivity index (χ0) is 20.5. The lowest BCUT2D eigenvalue weighted by Gasteiger charge is -2.27. The molecule has 0 unspecified atom stereocenters. The maximum absolute atomic E-state index is 9.61. The van der Waals surface area contributed by atoms with Crippen LogP contribution in [0.3, 0.4) is 0 Å². The number of benzene rings is 3. The summed E-state index contributed by atoms with van der Waals surface area (Å²) < 4.78 is 0. The number of aryl methyl sites for hydroxylation is 1. The van der Waals surface area contributed by atoms with E-state index in [1.807, 2.05) is 48.5 Å². The van der Waals surface area contributed by atoms with Crippen LogP contribution >= 0.6 is 0 Å². The van der Waals surface area contributed by atoms with Gasteiger partial charge in [-0.25, -0.2) is 4.98 Å². The number of H-pyrrole nitrogens is 1. The molecule has 1 N–H and O–H groups in total. The SMILES string of the molecule is Cc1ccc2nc(C3=CN(c4ccccc4)CC(c4ccccc4C#N)=C3)[nH]c2c1. The molecule has 144 valence electrons. The lowest BCUT2D eigenvalue weighted by atomic mass is 9.95. The molecule has 4 nitrogen and oxygen atoms in total. The van der Waals surface area contributed by atoms with Gasteiger partial charge < -0.3 is 9.88 Å². The highest BCUT2D eigenvalue weighted by Gasteiger charge is 2.19. The average Bonchev–Trinajstić information content (AvgIpc) is 3.22. The van der Waals surface area contributed by atoms with Gasteiger partial charge in [-0.1, -0.05) is 42.5 Å². The fraction of sp³-hybridized carbons (Fsp3) is 0.0769. The minimum atomic E-state index is 0.679. The van der Waals surface area contributed by atoms with E-state index >= 15 is 0 Å². The van der Waals surface area contributed by atoms with Gasteiger partial charge in [-0.3, -0.25) is 0 Å². The molecule has 30 heavy (non-hydrogen) atoms. The summed E-state index contributed by atoms with van der Waals surface area (Å²) in [6, 6.07) is 26.6. The third kappa shape index (κ3) is 3.27. The predicted octanol–water partition coefficient (Wildman–Crippen LogP) is 5.69. The molecular formula is C26H20N4. The molecule has 1 aromatic heterocycles. The van der Waals surface area contributed by atoms with Crippen LogP contribution in [0.5, 0.6) is 0 Å². The Morgan fingerprint density at radius 2 is 1.80 bits per heavy atom. The minimum Gasteiger partial charge on any atom is -0.343 e. The molecule has 0 spiro atoms. The van der Waals surface area contributed by atoms with Crippen molar-refractivity contribution in [2.24, 2.45) is 0 Å². The van der Waals surface area contributed by atoms with E-state index in [0.29, 0.717) is 12.1 Å². The largest absolute Gasteiger partial charge is 0.343 e. The monoisotopic (exact) mass is 388 g/mol. The Bertz CT molecular complexity index is 1340. The molecule has 0 saturated heterocycles. The Balaban J connectivity index is 1.66. The summed E-state index contributed by atoms with van der Waals surface area (Å²) in [5.74, 6) is 0.822. The molecule has 5 rings (SSSR count). The van der Waals surface area contributed by atoms with Crippen molar-refractivity contribution < 1.29 is 0 Å². The third-order valence-electron chi connectivity index (χ3n) is 5.36. The summed E-state index contributed by atoms with van der Waals surface area (Å²) in [4.78, 5) is 10.5. The summed E-state index contributed by atoms with van der Waals surface area (Å²) in [5, 5.41) is 9.61. The van der Waals surface area contributed by atoms with Crippen molar-refractivity contribution in [3.8, 4) is 6.07 Å². The van der Waals surface area contributed by atoms with Crippen molar-refractivity contribution in [3.05, 3.63) is 108 Å². The second kappa shape index (κ2) is 7.38. The van der Waals surface area contributed by atoms with Gasteiger partial charge in [0.05, 0.1) is 22.7 Å². The number of hydrogen-bond acceptors (Lipinski definition) is 3. The van der Waals surface area contributed by atoms with E-state index in [9.17, 15) is 5.26 Å². The number of hydrogen-bond donors (Lipinski definition) is 1. The number of aromatic nitrogens is 2. The Labute approximate surface area is 175 Å². The molecule has 0 fully saturated rings. The number of nitrogens with one attached hydrogen (secondary N) is 1. The van der Waals surface area contributed by atoms with Crippen molar-refractivity contribution >= 4 is 27.9 Å². The molecule has 4 aromatic rings. The zero-order valence-corrected chi connectivity index (χ0v) is 16.6.